The molecule has 1 aliphatic rings. The second-order valence-electron chi connectivity index (χ2n) is 5.25. The minimum absolute atomic E-state index is 0.0822. The first kappa shape index (κ1) is 13.8. The summed E-state index contributed by atoms with van der Waals surface area (Å²) in [6, 6.07) is 9.30. The van der Waals surface area contributed by atoms with Gasteiger partial charge in [-0.05, 0) is 29.7 Å². The average molecular weight is 300 g/mol. The Balaban J connectivity index is 2.27. The van der Waals surface area contributed by atoms with Gasteiger partial charge in [0.15, 0.2) is 5.78 Å². The van der Waals surface area contributed by atoms with Crippen LogP contribution in [0.1, 0.15) is 39.5 Å². The van der Waals surface area contributed by atoms with E-state index in [2.05, 4.69) is 5.32 Å². The number of carbonyl (C=O) groups excluding carboxylic acids is 2. The van der Waals surface area contributed by atoms with Crippen LogP contribution in [-0.2, 0) is 11.2 Å². The highest BCUT2D eigenvalue weighted by Crippen LogP contribution is 2.38. The quantitative estimate of drug-likeness (QED) is 0.744. The molecule has 1 amide bonds. The van der Waals surface area contributed by atoms with Crippen molar-refractivity contribution in [3.63, 3.8) is 0 Å². The smallest absolute Gasteiger partial charge is 0.221 e. The van der Waals surface area contributed by atoms with Crippen LogP contribution in [0.15, 0.2) is 30.3 Å². The van der Waals surface area contributed by atoms with Crippen LogP contribution in [-0.4, -0.2) is 11.7 Å². The van der Waals surface area contributed by atoms with Crippen LogP contribution in [0.25, 0.3) is 0 Å². The maximum atomic E-state index is 12.8. The summed E-state index contributed by atoms with van der Waals surface area (Å²) in [5, 5.41) is 3.34. The highest BCUT2D eigenvalue weighted by Gasteiger charge is 2.28. The lowest BCUT2D eigenvalue weighted by atomic mass is 9.83. The molecule has 4 heteroatoms. The molecule has 0 spiro atoms. The Bertz CT molecular complexity index is 781. The van der Waals surface area contributed by atoms with Gasteiger partial charge in [-0.2, -0.15) is 0 Å². The summed E-state index contributed by atoms with van der Waals surface area (Å²) < 4.78 is 0. The van der Waals surface area contributed by atoms with Gasteiger partial charge in [0.2, 0.25) is 5.91 Å². The Hall–Kier alpha value is -2.13. The maximum absolute atomic E-state index is 12.8. The summed E-state index contributed by atoms with van der Waals surface area (Å²) in [7, 11) is 0. The van der Waals surface area contributed by atoms with E-state index < -0.39 is 0 Å². The van der Waals surface area contributed by atoms with Crippen molar-refractivity contribution in [1.29, 1.82) is 0 Å². The molecule has 2 aromatic rings. The first-order valence-electron chi connectivity index (χ1n) is 6.71. The van der Waals surface area contributed by atoms with Gasteiger partial charge in [-0.15, -0.1) is 0 Å². The van der Waals surface area contributed by atoms with Crippen LogP contribution in [0.5, 0.6) is 0 Å². The average Bonchev–Trinajstić information content (AvgIpc) is 2.43. The predicted molar refractivity (Wildman–Crippen MR) is 83.2 cm³/mol. The number of fused-ring (bicyclic) bond motifs is 2. The molecule has 0 aromatic heterocycles. The van der Waals surface area contributed by atoms with E-state index in [0.717, 1.165) is 16.7 Å². The molecule has 0 saturated carbocycles. The van der Waals surface area contributed by atoms with E-state index in [4.69, 9.17) is 11.6 Å². The zero-order valence-electron chi connectivity index (χ0n) is 11.8. The van der Waals surface area contributed by atoms with Gasteiger partial charge in [0, 0.05) is 23.9 Å². The molecule has 0 bridgehead atoms. The SMILES string of the molecule is CC(=O)Nc1c(C)cc(Cl)c2c1C(=O)c1ccccc1C2. The topological polar surface area (TPSA) is 46.2 Å². The van der Waals surface area contributed by atoms with Gasteiger partial charge in [0.25, 0.3) is 0 Å². The fourth-order valence-electron chi connectivity index (χ4n) is 2.80. The number of hydrogen-bond acceptors (Lipinski definition) is 2. The molecule has 0 unspecified atom stereocenters. The number of halogens is 1. The minimum Gasteiger partial charge on any atom is -0.325 e. The lowest BCUT2D eigenvalue weighted by Gasteiger charge is -2.23. The van der Waals surface area contributed by atoms with Crippen molar-refractivity contribution in [3.05, 3.63) is 63.2 Å². The number of rotatable bonds is 1. The lowest BCUT2D eigenvalue weighted by molar-refractivity contribution is -0.114. The van der Waals surface area contributed by atoms with Crippen molar-refractivity contribution in [2.75, 3.05) is 5.32 Å². The van der Waals surface area contributed by atoms with Crippen LogP contribution in [0, 0.1) is 6.92 Å². The largest absolute Gasteiger partial charge is 0.325 e. The van der Waals surface area contributed by atoms with Crippen molar-refractivity contribution in [2.24, 2.45) is 0 Å². The highest BCUT2D eigenvalue weighted by atomic mass is 35.5. The first-order chi connectivity index (χ1) is 9.99. The van der Waals surface area contributed by atoms with E-state index in [1.54, 1.807) is 6.07 Å². The lowest BCUT2D eigenvalue weighted by Crippen LogP contribution is -2.20. The Morgan fingerprint density at radius 2 is 2.00 bits per heavy atom. The van der Waals surface area contributed by atoms with Crippen LogP contribution < -0.4 is 5.32 Å². The predicted octanol–water partition coefficient (Wildman–Crippen LogP) is 3.74. The normalized spacial score (nSPS) is 12.6. The maximum Gasteiger partial charge on any atom is 0.221 e. The monoisotopic (exact) mass is 299 g/mol. The molecule has 3 rings (SSSR count). The minimum atomic E-state index is -0.200. The molecule has 0 atom stereocenters. The van der Waals surface area contributed by atoms with Crippen LogP contribution in [0.4, 0.5) is 5.69 Å². The number of anilines is 1. The van der Waals surface area contributed by atoms with Crippen LogP contribution >= 0.6 is 11.6 Å². The van der Waals surface area contributed by atoms with E-state index in [-0.39, 0.29) is 11.7 Å². The summed E-state index contributed by atoms with van der Waals surface area (Å²) in [6.45, 7) is 3.27. The van der Waals surface area contributed by atoms with E-state index in [9.17, 15) is 9.59 Å². The molecular weight excluding hydrogens is 286 g/mol. The molecule has 1 aliphatic carbocycles. The van der Waals surface area contributed by atoms with Crippen LogP contribution in [0.3, 0.4) is 0 Å². The second kappa shape index (κ2) is 5.01. The molecule has 0 saturated heterocycles. The summed E-state index contributed by atoms with van der Waals surface area (Å²) in [5.74, 6) is -0.282. The molecule has 0 fully saturated rings. The highest BCUT2D eigenvalue weighted by molar-refractivity contribution is 6.33. The second-order valence-corrected chi connectivity index (χ2v) is 5.66. The van der Waals surface area contributed by atoms with E-state index in [1.165, 1.54) is 6.92 Å². The van der Waals surface area contributed by atoms with E-state index >= 15 is 0 Å². The van der Waals surface area contributed by atoms with Gasteiger partial charge < -0.3 is 5.32 Å². The summed E-state index contributed by atoms with van der Waals surface area (Å²) in [5.41, 5.74) is 4.32. The first-order valence-corrected chi connectivity index (χ1v) is 7.09. The van der Waals surface area contributed by atoms with Crippen molar-refractivity contribution in [2.45, 2.75) is 20.3 Å². The third-order valence-corrected chi connectivity index (χ3v) is 4.07. The fraction of sp³-hybridized carbons (Fsp3) is 0.176. The number of hydrogen-bond donors (Lipinski definition) is 1. The van der Waals surface area contributed by atoms with Gasteiger partial charge >= 0.3 is 0 Å². The van der Waals surface area contributed by atoms with E-state index in [1.807, 2.05) is 31.2 Å². The fourth-order valence-corrected chi connectivity index (χ4v) is 3.12. The summed E-state index contributed by atoms with van der Waals surface area (Å²) in [6.07, 6.45) is 0.600. The number of aryl methyl sites for hydroxylation is 1. The summed E-state index contributed by atoms with van der Waals surface area (Å²) >= 11 is 6.32. The summed E-state index contributed by atoms with van der Waals surface area (Å²) in [4.78, 5) is 24.2. The number of nitrogens with one attached hydrogen (secondary N) is 1. The van der Waals surface area contributed by atoms with Crippen molar-refractivity contribution in [3.8, 4) is 0 Å². The van der Waals surface area contributed by atoms with Crippen LogP contribution in [0.2, 0.25) is 5.02 Å². The van der Waals surface area contributed by atoms with Crippen molar-refractivity contribution >= 4 is 29.0 Å². The molecule has 0 heterocycles. The molecule has 3 nitrogen and oxygen atoms in total. The molecule has 0 aliphatic heterocycles. The zero-order valence-corrected chi connectivity index (χ0v) is 12.5. The Morgan fingerprint density at radius 1 is 1.29 bits per heavy atom. The third kappa shape index (κ3) is 2.24. The number of amides is 1. The van der Waals surface area contributed by atoms with Gasteiger partial charge in [-0.1, -0.05) is 35.9 Å². The molecular formula is C17H14ClNO2. The van der Waals surface area contributed by atoms with Gasteiger partial charge in [0.05, 0.1) is 11.3 Å². The molecule has 106 valence electrons. The Labute approximate surface area is 127 Å². The zero-order chi connectivity index (χ0) is 15.1. The van der Waals surface area contributed by atoms with Crippen molar-refractivity contribution < 1.29 is 9.59 Å². The molecule has 2 aromatic carbocycles. The van der Waals surface area contributed by atoms with Gasteiger partial charge in [-0.3, -0.25) is 9.59 Å². The molecule has 0 radical (unpaired) electrons. The van der Waals surface area contributed by atoms with Gasteiger partial charge in [-0.25, -0.2) is 0 Å². The number of benzene rings is 2. The number of ketones is 1. The standard InChI is InChI=1S/C17H14ClNO2/c1-9-7-14(18)13-8-11-5-3-4-6-12(11)17(21)15(13)16(9)19-10(2)20/h3-7H,8H2,1-2H3,(H,19,20). The van der Waals surface area contributed by atoms with Gasteiger partial charge in [0.1, 0.15) is 0 Å². The Kier molecular flexibility index (Phi) is 3.30. The Morgan fingerprint density at radius 3 is 2.71 bits per heavy atom. The van der Waals surface area contributed by atoms with E-state index in [0.29, 0.717) is 28.3 Å². The van der Waals surface area contributed by atoms with Crippen molar-refractivity contribution in [1.82, 2.24) is 0 Å². The third-order valence-electron chi connectivity index (χ3n) is 3.73. The number of carbonyl (C=O) groups is 2. The molecule has 21 heavy (non-hydrogen) atoms. The molecule has 1 N–H and O–H groups in total.